The molecule has 4 rings (SSSR count). The van der Waals surface area contributed by atoms with Crippen molar-refractivity contribution >= 4 is 17.5 Å². The van der Waals surface area contributed by atoms with Crippen molar-refractivity contribution in [1.82, 2.24) is 9.88 Å². The molecule has 0 unspecified atom stereocenters. The average molecular weight is 385 g/mol. The molecule has 1 aliphatic heterocycles. The molecule has 146 valence electrons. The minimum Gasteiger partial charge on any atom is -0.338 e. The number of hydrogen-bond acceptors (Lipinski definition) is 3. The molecule has 1 N–H and O–H groups in total. The van der Waals surface area contributed by atoms with Crippen LogP contribution >= 0.6 is 0 Å². The van der Waals surface area contributed by atoms with E-state index < -0.39 is 0 Å². The summed E-state index contributed by atoms with van der Waals surface area (Å²) < 4.78 is 0. The Morgan fingerprint density at radius 2 is 1.55 bits per heavy atom. The van der Waals surface area contributed by atoms with E-state index in [1.165, 1.54) is 11.1 Å². The summed E-state index contributed by atoms with van der Waals surface area (Å²) in [6.07, 6.45) is 5.98. The zero-order valence-corrected chi connectivity index (χ0v) is 16.2. The molecule has 1 saturated heterocycles. The van der Waals surface area contributed by atoms with E-state index in [0.29, 0.717) is 18.5 Å². The number of pyridine rings is 1. The van der Waals surface area contributed by atoms with Crippen LogP contribution in [0.2, 0.25) is 0 Å². The molecule has 0 bridgehead atoms. The molecule has 2 amide bonds. The number of carbonyl (C=O) groups is 2. The Kier molecular flexibility index (Phi) is 5.66. The Morgan fingerprint density at radius 1 is 0.897 bits per heavy atom. The lowest BCUT2D eigenvalue weighted by Gasteiger charge is -2.15. The average Bonchev–Trinajstić information content (AvgIpc) is 3.15. The molecular formula is C24H23N3O2. The quantitative estimate of drug-likeness (QED) is 0.696. The monoisotopic (exact) mass is 385 g/mol. The minimum absolute atomic E-state index is 0.143. The van der Waals surface area contributed by atoms with Gasteiger partial charge in [-0.2, -0.15) is 0 Å². The minimum atomic E-state index is -0.143. The topological polar surface area (TPSA) is 62.3 Å². The van der Waals surface area contributed by atoms with Gasteiger partial charge >= 0.3 is 0 Å². The smallest absolute Gasteiger partial charge is 0.255 e. The molecule has 1 aliphatic rings. The first-order valence-electron chi connectivity index (χ1n) is 9.83. The van der Waals surface area contributed by atoms with Gasteiger partial charge in [-0.3, -0.25) is 14.6 Å². The SMILES string of the molecule is O=C(Nc1ccc(Cc2ccncc2)cc1)c1ccc(CN2CCCC2=O)cc1. The predicted octanol–water partition coefficient (Wildman–Crippen LogP) is 4.05. The van der Waals surface area contributed by atoms with Gasteiger partial charge in [0.25, 0.3) is 5.91 Å². The third-order valence-electron chi connectivity index (χ3n) is 5.13. The van der Waals surface area contributed by atoms with E-state index in [2.05, 4.69) is 10.3 Å². The lowest BCUT2D eigenvalue weighted by atomic mass is 10.1. The second kappa shape index (κ2) is 8.69. The fraction of sp³-hybridized carbons (Fsp3) is 0.208. The van der Waals surface area contributed by atoms with Crippen molar-refractivity contribution in [2.45, 2.75) is 25.8 Å². The van der Waals surface area contributed by atoms with Crippen LogP contribution in [-0.4, -0.2) is 28.2 Å². The van der Waals surface area contributed by atoms with E-state index in [1.807, 2.05) is 65.6 Å². The van der Waals surface area contributed by atoms with Crippen LogP contribution in [0.25, 0.3) is 0 Å². The summed E-state index contributed by atoms with van der Waals surface area (Å²) in [5.41, 5.74) is 4.78. The Labute approximate surface area is 170 Å². The van der Waals surface area contributed by atoms with Crippen LogP contribution in [0.5, 0.6) is 0 Å². The number of anilines is 1. The third kappa shape index (κ3) is 4.88. The summed E-state index contributed by atoms with van der Waals surface area (Å²) in [5.74, 6) is 0.0647. The molecule has 0 aliphatic carbocycles. The number of rotatable bonds is 6. The zero-order valence-electron chi connectivity index (χ0n) is 16.2. The maximum atomic E-state index is 12.5. The summed E-state index contributed by atoms with van der Waals surface area (Å²) in [6.45, 7) is 1.43. The molecule has 29 heavy (non-hydrogen) atoms. The van der Waals surface area contributed by atoms with Crippen LogP contribution in [0.3, 0.4) is 0 Å². The second-order valence-electron chi connectivity index (χ2n) is 7.30. The van der Waals surface area contributed by atoms with Crippen LogP contribution in [0.15, 0.2) is 73.1 Å². The molecule has 0 saturated carbocycles. The van der Waals surface area contributed by atoms with Crippen LogP contribution in [0.1, 0.15) is 39.9 Å². The number of likely N-dealkylation sites (tertiary alicyclic amines) is 1. The van der Waals surface area contributed by atoms with Gasteiger partial charge in [0.1, 0.15) is 0 Å². The van der Waals surface area contributed by atoms with E-state index in [1.54, 1.807) is 12.4 Å². The summed E-state index contributed by atoms with van der Waals surface area (Å²) in [5, 5.41) is 2.94. The highest BCUT2D eigenvalue weighted by Crippen LogP contribution is 2.17. The highest BCUT2D eigenvalue weighted by Gasteiger charge is 2.20. The number of nitrogens with zero attached hydrogens (tertiary/aromatic N) is 2. The lowest BCUT2D eigenvalue weighted by molar-refractivity contribution is -0.128. The van der Waals surface area contributed by atoms with Gasteiger partial charge in [-0.1, -0.05) is 24.3 Å². The number of benzene rings is 2. The maximum Gasteiger partial charge on any atom is 0.255 e. The molecule has 5 heteroatoms. The molecular weight excluding hydrogens is 362 g/mol. The zero-order chi connectivity index (χ0) is 20.1. The van der Waals surface area contributed by atoms with E-state index >= 15 is 0 Å². The largest absolute Gasteiger partial charge is 0.338 e. The fourth-order valence-corrected chi connectivity index (χ4v) is 3.50. The Hall–Kier alpha value is -3.47. The first kappa shape index (κ1) is 18.9. The Balaban J connectivity index is 1.34. The van der Waals surface area contributed by atoms with Gasteiger partial charge in [0, 0.05) is 43.2 Å². The Bertz CT molecular complexity index is 983. The van der Waals surface area contributed by atoms with Crippen molar-refractivity contribution in [2.75, 3.05) is 11.9 Å². The highest BCUT2D eigenvalue weighted by atomic mass is 16.2. The normalized spacial score (nSPS) is 13.5. The van der Waals surface area contributed by atoms with Gasteiger partial charge in [0.05, 0.1) is 0 Å². The van der Waals surface area contributed by atoms with Gasteiger partial charge in [-0.15, -0.1) is 0 Å². The summed E-state index contributed by atoms with van der Waals surface area (Å²) in [4.78, 5) is 30.2. The van der Waals surface area contributed by atoms with Gasteiger partial charge in [-0.05, 0) is 65.9 Å². The highest BCUT2D eigenvalue weighted by molar-refractivity contribution is 6.04. The van der Waals surface area contributed by atoms with Crippen molar-refractivity contribution in [3.05, 3.63) is 95.3 Å². The van der Waals surface area contributed by atoms with Crippen molar-refractivity contribution < 1.29 is 9.59 Å². The Morgan fingerprint density at radius 3 is 2.21 bits per heavy atom. The number of carbonyl (C=O) groups excluding carboxylic acids is 2. The number of hydrogen-bond donors (Lipinski definition) is 1. The van der Waals surface area contributed by atoms with E-state index in [9.17, 15) is 9.59 Å². The first-order chi connectivity index (χ1) is 14.2. The first-order valence-corrected chi connectivity index (χ1v) is 9.83. The standard InChI is InChI=1S/C24H23N3O2/c28-23-2-1-15-27(23)17-20-3-7-21(8-4-20)24(29)26-22-9-5-18(6-10-22)16-19-11-13-25-14-12-19/h3-14H,1-2,15-17H2,(H,26,29). The summed E-state index contributed by atoms with van der Waals surface area (Å²) in [7, 11) is 0. The molecule has 0 spiro atoms. The molecule has 2 aromatic carbocycles. The summed E-state index contributed by atoms with van der Waals surface area (Å²) in [6, 6.07) is 19.3. The van der Waals surface area contributed by atoms with Gasteiger partial charge in [0.2, 0.25) is 5.91 Å². The van der Waals surface area contributed by atoms with Crippen LogP contribution in [-0.2, 0) is 17.8 Å². The van der Waals surface area contributed by atoms with Crippen LogP contribution < -0.4 is 5.32 Å². The van der Waals surface area contributed by atoms with E-state index in [4.69, 9.17) is 0 Å². The van der Waals surface area contributed by atoms with E-state index in [-0.39, 0.29) is 11.8 Å². The van der Waals surface area contributed by atoms with Crippen molar-refractivity contribution in [2.24, 2.45) is 0 Å². The lowest BCUT2D eigenvalue weighted by Crippen LogP contribution is -2.23. The van der Waals surface area contributed by atoms with Crippen molar-refractivity contribution in [3.63, 3.8) is 0 Å². The van der Waals surface area contributed by atoms with Crippen LogP contribution in [0.4, 0.5) is 5.69 Å². The third-order valence-corrected chi connectivity index (χ3v) is 5.13. The number of aromatic nitrogens is 1. The summed E-state index contributed by atoms with van der Waals surface area (Å²) >= 11 is 0. The molecule has 3 aromatic rings. The molecule has 1 fully saturated rings. The fourth-order valence-electron chi connectivity index (χ4n) is 3.50. The maximum absolute atomic E-state index is 12.5. The van der Waals surface area contributed by atoms with Gasteiger partial charge < -0.3 is 10.2 Å². The molecule has 1 aromatic heterocycles. The molecule has 0 radical (unpaired) electrons. The number of nitrogens with one attached hydrogen (secondary N) is 1. The van der Waals surface area contributed by atoms with Gasteiger partial charge in [0.15, 0.2) is 0 Å². The molecule has 2 heterocycles. The van der Waals surface area contributed by atoms with Crippen molar-refractivity contribution in [1.29, 1.82) is 0 Å². The van der Waals surface area contributed by atoms with Crippen molar-refractivity contribution in [3.8, 4) is 0 Å². The van der Waals surface area contributed by atoms with Gasteiger partial charge in [-0.25, -0.2) is 0 Å². The van der Waals surface area contributed by atoms with Crippen LogP contribution in [0, 0.1) is 0 Å². The second-order valence-corrected chi connectivity index (χ2v) is 7.30. The molecule has 0 atom stereocenters. The van der Waals surface area contributed by atoms with E-state index in [0.717, 1.165) is 30.6 Å². The molecule has 5 nitrogen and oxygen atoms in total. The number of amides is 2. The predicted molar refractivity (Wildman–Crippen MR) is 113 cm³/mol.